The van der Waals surface area contributed by atoms with Crippen molar-refractivity contribution in [3.8, 4) is 0 Å². The van der Waals surface area contributed by atoms with Crippen molar-refractivity contribution in [2.75, 3.05) is 11.4 Å². The second-order valence-electron chi connectivity index (χ2n) is 10.4. The molecule has 1 fully saturated rings. The lowest BCUT2D eigenvalue weighted by atomic mass is 9.76. The Morgan fingerprint density at radius 2 is 1.52 bits per heavy atom. The molecule has 2 aromatic carbocycles. The summed E-state index contributed by atoms with van der Waals surface area (Å²) in [5, 5.41) is 10.9. The minimum Gasteiger partial charge on any atom is -0.460 e. The van der Waals surface area contributed by atoms with E-state index in [2.05, 4.69) is 0 Å². The highest BCUT2D eigenvalue weighted by atomic mass is 35.5. The Kier molecular flexibility index (Phi) is 8.46. The van der Waals surface area contributed by atoms with Crippen molar-refractivity contribution >= 4 is 23.3 Å². The topological polar surface area (TPSA) is 49.8 Å². The molecule has 2 atom stereocenters. The fourth-order valence-corrected chi connectivity index (χ4v) is 4.86. The number of anilines is 1. The summed E-state index contributed by atoms with van der Waals surface area (Å²) in [5.41, 5.74) is -9.03. The average molecular weight is 606 g/mol. The number of halogens is 10. The Labute approximate surface area is 228 Å². The standard InChI is InChI=1S/C26H25ClF9NO3/c1-22(2,3)40-20(38)7-5-14-4-6-18(13-19(14)27)37-9-8-23(21(37)39,26(34,35)36)15-10-16(24(28,29)30)12-17(11-15)25(31,32)33/h4,6,10-13,21,39H,5,7-9H2,1-3H3. The first kappa shape index (κ1) is 31.9. The lowest BCUT2D eigenvalue weighted by Gasteiger charge is -2.38. The number of aliphatic hydroxyl groups is 1. The first-order valence-electron chi connectivity index (χ1n) is 11.9. The maximum absolute atomic E-state index is 14.5. The molecule has 0 aromatic heterocycles. The minimum absolute atomic E-state index is 0.0117. The highest BCUT2D eigenvalue weighted by molar-refractivity contribution is 6.31. The van der Waals surface area contributed by atoms with Crippen LogP contribution in [0.5, 0.6) is 0 Å². The Morgan fingerprint density at radius 1 is 0.975 bits per heavy atom. The van der Waals surface area contributed by atoms with Crippen LogP contribution in [-0.4, -0.2) is 35.6 Å². The van der Waals surface area contributed by atoms with Crippen LogP contribution in [0.25, 0.3) is 0 Å². The van der Waals surface area contributed by atoms with Gasteiger partial charge in [0, 0.05) is 23.7 Å². The summed E-state index contributed by atoms with van der Waals surface area (Å²) in [6.45, 7) is 4.47. The number of rotatable bonds is 5. The Bertz CT molecular complexity index is 1220. The largest absolute Gasteiger partial charge is 0.460 e. The summed E-state index contributed by atoms with van der Waals surface area (Å²) in [4.78, 5) is 12.8. The zero-order chi connectivity index (χ0) is 30.5. The van der Waals surface area contributed by atoms with E-state index in [0.717, 1.165) is 4.90 Å². The normalized spacial score (nSPS) is 20.6. The Balaban J connectivity index is 1.99. The SMILES string of the molecule is CC(C)(C)OC(=O)CCc1ccc(N2CCC(c3cc(C(F)(F)F)cc(C(F)(F)F)c3)(C(F)(F)F)C2O)cc1Cl. The molecule has 14 heteroatoms. The van der Waals surface area contributed by atoms with Crippen molar-refractivity contribution in [1.82, 2.24) is 0 Å². The van der Waals surface area contributed by atoms with E-state index < -0.39 is 71.4 Å². The molecule has 0 aliphatic carbocycles. The van der Waals surface area contributed by atoms with Crippen molar-refractivity contribution < 1.29 is 54.2 Å². The number of hydrogen-bond acceptors (Lipinski definition) is 4. The van der Waals surface area contributed by atoms with Crippen LogP contribution in [0, 0.1) is 0 Å². The number of aryl methyl sites for hydroxylation is 1. The lowest BCUT2D eigenvalue weighted by Crippen LogP contribution is -2.52. The van der Waals surface area contributed by atoms with E-state index in [1.807, 2.05) is 0 Å². The third-order valence-electron chi connectivity index (χ3n) is 6.48. The fourth-order valence-electron chi connectivity index (χ4n) is 4.59. The zero-order valence-corrected chi connectivity index (χ0v) is 22.1. The van der Waals surface area contributed by atoms with Crippen LogP contribution in [0.15, 0.2) is 36.4 Å². The molecule has 1 aliphatic rings. The monoisotopic (exact) mass is 605 g/mol. The zero-order valence-electron chi connectivity index (χ0n) is 21.4. The predicted octanol–water partition coefficient (Wildman–Crippen LogP) is 7.68. The molecule has 1 saturated heterocycles. The van der Waals surface area contributed by atoms with Crippen LogP contribution in [0.4, 0.5) is 45.2 Å². The molecule has 2 unspecified atom stereocenters. The minimum atomic E-state index is -5.44. The van der Waals surface area contributed by atoms with Crippen LogP contribution in [0.3, 0.4) is 0 Å². The Hall–Kier alpha value is -2.67. The number of ether oxygens (including phenoxy) is 1. The molecular weight excluding hydrogens is 581 g/mol. The first-order valence-corrected chi connectivity index (χ1v) is 12.3. The molecule has 1 N–H and O–H groups in total. The van der Waals surface area contributed by atoms with Crippen molar-refractivity contribution in [2.45, 2.75) is 75.8 Å². The summed E-state index contributed by atoms with van der Waals surface area (Å²) < 4.78 is 129. The molecule has 222 valence electrons. The molecule has 0 saturated carbocycles. The van der Waals surface area contributed by atoms with Crippen molar-refractivity contribution in [3.63, 3.8) is 0 Å². The smallest absolute Gasteiger partial charge is 0.416 e. The molecule has 0 bridgehead atoms. The molecule has 4 nitrogen and oxygen atoms in total. The number of aliphatic hydroxyl groups excluding tert-OH is 1. The summed E-state index contributed by atoms with van der Waals surface area (Å²) in [6.07, 6.45) is -19.8. The number of alkyl halides is 9. The number of nitrogens with zero attached hydrogens (tertiary/aromatic N) is 1. The van der Waals surface area contributed by atoms with Gasteiger partial charge in [-0.25, -0.2) is 0 Å². The van der Waals surface area contributed by atoms with Gasteiger partial charge in [-0.1, -0.05) is 17.7 Å². The van der Waals surface area contributed by atoms with E-state index in [-0.39, 0.29) is 41.8 Å². The highest BCUT2D eigenvalue weighted by Gasteiger charge is 2.65. The van der Waals surface area contributed by atoms with Crippen LogP contribution in [0.2, 0.25) is 5.02 Å². The van der Waals surface area contributed by atoms with E-state index in [0.29, 0.717) is 5.56 Å². The van der Waals surface area contributed by atoms with Crippen LogP contribution < -0.4 is 4.90 Å². The van der Waals surface area contributed by atoms with Gasteiger partial charge in [-0.2, -0.15) is 39.5 Å². The number of benzene rings is 2. The van der Waals surface area contributed by atoms with Crippen LogP contribution in [0.1, 0.15) is 55.9 Å². The van der Waals surface area contributed by atoms with Gasteiger partial charge in [-0.05, 0) is 75.1 Å². The van der Waals surface area contributed by atoms with E-state index in [9.17, 15) is 49.4 Å². The van der Waals surface area contributed by atoms with Crippen molar-refractivity contribution in [3.05, 3.63) is 63.7 Å². The predicted molar refractivity (Wildman–Crippen MR) is 128 cm³/mol. The van der Waals surface area contributed by atoms with E-state index in [1.165, 1.54) is 18.2 Å². The maximum atomic E-state index is 14.5. The second kappa shape index (κ2) is 10.6. The van der Waals surface area contributed by atoms with Gasteiger partial charge in [0.15, 0.2) is 0 Å². The molecule has 1 heterocycles. The fraction of sp³-hybridized carbons (Fsp3) is 0.500. The average Bonchev–Trinajstić information content (AvgIpc) is 3.13. The van der Waals surface area contributed by atoms with Gasteiger partial charge in [0.25, 0.3) is 0 Å². The molecule has 0 spiro atoms. The number of carbonyl (C=O) groups is 1. The van der Waals surface area contributed by atoms with Gasteiger partial charge >= 0.3 is 24.5 Å². The first-order chi connectivity index (χ1) is 18.1. The van der Waals surface area contributed by atoms with Crippen LogP contribution in [-0.2, 0) is 33.7 Å². The van der Waals surface area contributed by atoms with Crippen LogP contribution >= 0.6 is 11.6 Å². The molecule has 0 radical (unpaired) electrons. The van der Waals surface area contributed by atoms with Gasteiger partial charge in [0.05, 0.1) is 11.1 Å². The molecule has 40 heavy (non-hydrogen) atoms. The van der Waals surface area contributed by atoms with Gasteiger partial charge in [-0.15, -0.1) is 0 Å². The number of hydrogen-bond donors (Lipinski definition) is 1. The lowest BCUT2D eigenvalue weighted by molar-refractivity contribution is -0.211. The van der Waals surface area contributed by atoms with Gasteiger partial charge in [-0.3, -0.25) is 4.79 Å². The van der Waals surface area contributed by atoms with Crippen molar-refractivity contribution in [2.24, 2.45) is 0 Å². The Morgan fingerprint density at radius 3 is 1.98 bits per heavy atom. The number of carbonyl (C=O) groups excluding carboxylic acids is 1. The van der Waals surface area contributed by atoms with E-state index in [4.69, 9.17) is 16.3 Å². The summed E-state index contributed by atoms with van der Waals surface area (Å²) >= 11 is 6.26. The quantitative estimate of drug-likeness (QED) is 0.281. The second-order valence-corrected chi connectivity index (χ2v) is 10.9. The van der Waals surface area contributed by atoms with E-state index >= 15 is 0 Å². The molecule has 2 aromatic rings. The van der Waals surface area contributed by atoms with Gasteiger partial charge in [0.2, 0.25) is 0 Å². The maximum Gasteiger partial charge on any atom is 0.416 e. The molecular formula is C26H25ClF9NO3. The molecule has 3 rings (SSSR count). The highest BCUT2D eigenvalue weighted by Crippen LogP contribution is 2.53. The molecule has 1 aliphatic heterocycles. The third-order valence-corrected chi connectivity index (χ3v) is 6.83. The summed E-state index contributed by atoms with van der Waals surface area (Å²) in [6, 6.07) is 3.59. The summed E-state index contributed by atoms with van der Waals surface area (Å²) in [5.74, 6) is -0.517. The summed E-state index contributed by atoms with van der Waals surface area (Å²) in [7, 11) is 0. The third kappa shape index (κ3) is 6.62. The number of esters is 1. The van der Waals surface area contributed by atoms with Gasteiger partial charge < -0.3 is 14.7 Å². The van der Waals surface area contributed by atoms with E-state index in [1.54, 1.807) is 20.8 Å². The van der Waals surface area contributed by atoms with Crippen molar-refractivity contribution in [1.29, 1.82) is 0 Å². The molecule has 0 amide bonds. The van der Waals surface area contributed by atoms with Gasteiger partial charge in [0.1, 0.15) is 17.2 Å².